The van der Waals surface area contributed by atoms with E-state index in [1.54, 1.807) is 18.2 Å². The Hall–Kier alpha value is -2.16. The Labute approximate surface area is 141 Å². The van der Waals surface area contributed by atoms with Crippen LogP contribution >= 0.6 is 11.6 Å². The third-order valence-electron chi connectivity index (χ3n) is 2.83. The maximum absolute atomic E-state index is 12.7. The molecule has 0 saturated carbocycles. The molecule has 1 atom stereocenters. The fraction of sp³-hybridized carbons (Fsp3) is 0.429. The largest absolute Gasteiger partial charge is 0.408 e. The van der Waals surface area contributed by atoms with Gasteiger partial charge in [-0.3, -0.25) is 0 Å². The maximum atomic E-state index is 12.7. The highest BCUT2D eigenvalue weighted by Crippen LogP contribution is 2.24. The van der Waals surface area contributed by atoms with Crippen LogP contribution < -0.4 is 10.6 Å². The van der Waals surface area contributed by atoms with Crippen molar-refractivity contribution in [3.05, 3.63) is 23.4 Å². The first-order chi connectivity index (χ1) is 11.1. The predicted octanol–water partition coefficient (Wildman–Crippen LogP) is 3.77. The molecule has 0 spiro atoms. The molecule has 0 unspecified atom stereocenters. The highest BCUT2D eigenvalue weighted by atomic mass is 35.5. The summed E-state index contributed by atoms with van der Waals surface area (Å²) in [4.78, 5) is 16.2. The lowest BCUT2D eigenvalue weighted by atomic mass is 10.3. The second-order valence-corrected chi connectivity index (χ2v) is 5.75. The Morgan fingerprint density at radius 2 is 1.58 bits per heavy atom. The SMILES string of the molecule is CC(C)Nc1nc(N[C@@H](C)C(F)(F)F)nc(-c2cccc(Cl)n2)n1. The normalized spacial score (nSPS) is 13.0. The van der Waals surface area contributed by atoms with Crippen LogP contribution in [0.4, 0.5) is 25.1 Å². The summed E-state index contributed by atoms with van der Waals surface area (Å²) in [5.74, 6) is 0.0657. The second kappa shape index (κ2) is 7.16. The summed E-state index contributed by atoms with van der Waals surface area (Å²) in [6.07, 6.45) is -4.42. The van der Waals surface area contributed by atoms with Gasteiger partial charge in [0, 0.05) is 6.04 Å². The number of nitrogens with one attached hydrogen (secondary N) is 2. The number of alkyl halides is 3. The molecule has 0 radical (unpaired) electrons. The molecule has 2 aromatic rings. The minimum absolute atomic E-state index is 0.0135. The average Bonchev–Trinajstić information content (AvgIpc) is 2.45. The van der Waals surface area contributed by atoms with E-state index in [4.69, 9.17) is 11.6 Å². The smallest absolute Gasteiger partial charge is 0.352 e. The van der Waals surface area contributed by atoms with E-state index in [1.165, 1.54) is 0 Å². The molecule has 2 heterocycles. The molecule has 0 saturated heterocycles. The zero-order valence-corrected chi connectivity index (χ0v) is 13.9. The molecule has 2 N–H and O–H groups in total. The van der Waals surface area contributed by atoms with Crippen molar-refractivity contribution in [2.75, 3.05) is 10.6 Å². The van der Waals surface area contributed by atoms with Crippen molar-refractivity contribution in [3.63, 3.8) is 0 Å². The van der Waals surface area contributed by atoms with Crippen LogP contribution in [-0.4, -0.2) is 38.2 Å². The summed E-state index contributed by atoms with van der Waals surface area (Å²) in [5, 5.41) is 5.40. The number of anilines is 2. The van der Waals surface area contributed by atoms with Crippen LogP contribution in [0.2, 0.25) is 5.15 Å². The molecular formula is C14H16ClF3N6. The first kappa shape index (κ1) is 18.2. The second-order valence-electron chi connectivity index (χ2n) is 5.36. The van der Waals surface area contributed by atoms with Gasteiger partial charge in [-0.25, -0.2) is 4.98 Å². The molecule has 0 bridgehead atoms. The molecule has 24 heavy (non-hydrogen) atoms. The van der Waals surface area contributed by atoms with Gasteiger partial charge in [0.1, 0.15) is 16.9 Å². The predicted molar refractivity (Wildman–Crippen MR) is 86.0 cm³/mol. The third-order valence-corrected chi connectivity index (χ3v) is 3.04. The first-order valence-electron chi connectivity index (χ1n) is 7.14. The van der Waals surface area contributed by atoms with Crippen molar-refractivity contribution < 1.29 is 13.2 Å². The number of hydrogen-bond donors (Lipinski definition) is 2. The number of halogens is 4. The van der Waals surface area contributed by atoms with Crippen LogP contribution in [0.3, 0.4) is 0 Å². The van der Waals surface area contributed by atoms with Gasteiger partial charge in [-0.15, -0.1) is 0 Å². The van der Waals surface area contributed by atoms with E-state index in [1.807, 2.05) is 13.8 Å². The summed E-state index contributed by atoms with van der Waals surface area (Å²) in [6, 6.07) is 3.00. The average molecular weight is 361 g/mol. The Bertz CT molecular complexity index is 707. The summed E-state index contributed by atoms with van der Waals surface area (Å²) >= 11 is 5.84. The van der Waals surface area contributed by atoms with E-state index in [2.05, 4.69) is 30.6 Å². The van der Waals surface area contributed by atoms with Gasteiger partial charge in [0.05, 0.1) is 0 Å². The topological polar surface area (TPSA) is 75.6 Å². The molecule has 0 aliphatic heterocycles. The lowest BCUT2D eigenvalue weighted by Gasteiger charge is -2.18. The molecule has 2 rings (SSSR count). The minimum atomic E-state index is -4.42. The molecule has 10 heteroatoms. The molecule has 0 aromatic carbocycles. The van der Waals surface area contributed by atoms with Crippen molar-refractivity contribution in [1.82, 2.24) is 19.9 Å². The van der Waals surface area contributed by atoms with Crippen LogP contribution in [0.15, 0.2) is 18.2 Å². The Kier molecular flexibility index (Phi) is 5.43. The highest BCUT2D eigenvalue weighted by molar-refractivity contribution is 6.29. The number of aromatic nitrogens is 4. The van der Waals surface area contributed by atoms with E-state index in [0.29, 0.717) is 5.69 Å². The molecule has 2 aromatic heterocycles. The van der Waals surface area contributed by atoms with Crippen molar-refractivity contribution in [3.8, 4) is 11.5 Å². The van der Waals surface area contributed by atoms with Crippen LogP contribution in [0.5, 0.6) is 0 Å². The molecule has 0 amide bonds. The first-order valence-corrected chi connectivity index (χ1v) is 7.51. The standard InChI is InChI=1S/C14H16ClF3N6/c1-7(2)19-12-22-11(9-5-4-6-10(15)21-9)23-13(24-12)20-8(3)14(16,17)18/h4-8H,1-3H3,(H2,19,20,22,23,24)/t8-/m0/s1. The number of rotatable bonds is 5. The number of pyridine rings is 1. The zero-order chi connectivity index (χ0) is 17.9. The van der Waals surface area contributed by atoms with E-state index >= 15 is 0 Å². The van der Waals surface area contributed by atoms with E-state index in [9.17, 15) is 13.2 Å². The molecule has 0 aliphatic rings. The zero-order valence-electron chi connectivity index (χ0n) is 13.2. The highest BCUT2D eigenvalue weighted by Gasteiger charge is 2.36. The molecule has 130 valence electrons. The molecule has 0 aliphatic carbocycles. The summed E-state index contributed by atoms with van der Waals surface area (Å²) in [6.45, 7) is 4.69. The fourth-order valence-corrected chi connectivity index (χ4v) is 1.85. The minimum Gasteiger partial charge on any atom is -0.352 e. The molecule has 6 nitrogen and oxygen atoms in total. The van der Waals surface area contributed by atoms with Gasteiger partial charge in [-0.2, -0.15) is 28.1 Å². The van der Waals surface area contributed by atoms with Crippen molar-refractivity contribution >= 4 is 23.5 Å². The Balaban J connectivity index is 2.41. The summed E-state index contributed by atoms with van der Waals surface area (Å²) < 4.78 is 38.2. The fourth-order valence-electron chi connectivity index (χ4n) is 1.69. The van der Waals surface area contributed by atoms with Gasteiger partial charge in [-0.1, -0.05) is 17.7 Å². The van der Waals surface area contributed by atoms with Gasteiger partial charge in [0.2, 0.25) is 11.9 Å². The van der Waals surface area contributed by atoms with E-state index in [-0.39, 0.29) is 28.9 Å². The van der Waals surface area contributed by atoms with Gasteiger partial charge in [0.15, 0.2) is 5.82 Å². The van der Waals surface area contributed by atoms with Crippen molar-refractivity contribution in [2.45, 2.75) is 39.0 Å². The van der Waals surface area contributed by atoms with Crippen LogP contribution in [-0.2, 0) is 0 Å². The van der Waals surface area contributed by atoms with E-state index < -0.39 is 12.2 Å². The van der Waals surface area contributed by atoms with Crippen molar-refractivity contribution in [2.24, 2.45) is 0 Å². The lowest BCUT2D eigenvalue weighted by molar-refractivity contribution is -0.138. The summed E-state index contributed by atoms with van der Waals surface area (Å²) in [5.41, 5.74) is 0.333. The summed E-state index contributed by atoms with van der Waals surface area (Å²) in [7, 11) is 0. The Morgan fingerprint density at radius 1 is 0.958 bits per heavy atom. The number of hydrogen-bond acceptors (Lipinski definition) is 6. The van der Waals surface area contributed by atoms with Crippen molar-refractivity contribution in [1.29, 1.82) is 0 Å². The maximum Gasteiger partial charge on any atom is 0.408 e. The molecule has 0 fully saturated rings. The quantitative estimate of drug-likeness (QED) is 0.790. The number of nitrogens with zero attached hydrogens (tertiary/aromatic N) is 4. The molecular weight excluding hydrogens is 345 g/mol. The van der Waals surface area contributed by atoms with Crippen LogP contribution in [0.25, 0.3) is 11.5 Å². The van der Waals surface area contributed by atoms with Gasteiger partial charge >= 0.3 is 6.18 Å². The monoisotopic (exact) mass is 360 g/mol. The third kappa shape index (κ3) is 4.92. The van der Waals surface area contributed by atoms with E-state index in [0.717, 1.165) is 6.92 Å². The lowest BCUT2D eigenvalue weighted by Crippen LogP contribution is -2.34. The van der Waals surface area contributed by atoms with Crippen LogP contribution in [0.1, 0.15) is 20.8 Å². The Morgan fingerprint density at radius 3 is 2.12 bits per heavy atom. The van der Waals surface area contributed by atoms with Gasteiger partial charge < -0.3 is 10.6 Å². The van der Waals surface area contributed by atoms with Crippen LogP contribution in [0, 0.1) is 0 Å². The van der Waals surface area contributed by atoms with Gasteiger partial charge in [0.25, 0.3) is 0 Å². The van der Waals surface area contributed by atoms with Gasteiger partial charge in [-0.05, 0) is 32.9 Å².